The lowest BCUT2D eigenvalue weighted by molar-refractivity contribution is 0.134. The fourth-order valence-electron chi connectivity index (χ4n) is 1.25. The van der Waals surface area contributed by atoms with Gasteiger partial charge in [-0.25, -0.2) is 0 Å². The summed E-state index contributed by atoms with van der Waals surface area (Å²) in [4.78, 5) is 1.31. The van der Waals surface area contributed by atoms with Crippen LogP contribution in [0.1, 0.15) is 18.1 Å². The molecule has 0 fully saturated rings. The van der Waals surface area contributed by atoms with Gasteiger partial charge in [0.25, 0.3) is 0 Å². The normalized spacial score (nSPS) is 10.4. The molecule has 1 nitrogen and oxygen atoms in total. The highest BCUT2D eigenvalue weighted by Gasteiger charge is 1.97. The summed E-state index contributed by atoms with van der Waals surface area (Å²) in [5.74, 6) is 0. The molecule has 1 aromatic carbocycles. The Morgan fingerprint density at radius 1 is 1.31 bits per heavy atom. The van der Waals surface area contributed by atoms with Crippen molar-refractivity contribution in [1.82, 2.24) is 0 Å². The smallest absolute Gasteiger partial charge is 0.0717 e. The van der Waals surface area contributed by atoms with Gasteiger partial charge in [-0.1, -0.05) is 6.07 Å². The number of thioether (sulfide) groups is 1. The molecule has 0 radical (unpaired) electrons. The van der Waals surface area contributed by atoms with E-state index in [1.807, 2.05) is 6.92 Å². The first-order chi connectivity index (χ1) is 6.26. The van der Waals surface area contributed by atoms with Crippen molar-refractivity contribution in [2.75, 3.05) is 12.9 Å². The van der Waals surface area contributed by atoms with Gasteiger partial charge in [0.1, 0.15) is 0 Å². The third kappa shape index (κ3) is 3.41. The Labute approximate surface area is 84.5 Å². The van der Waals surface area contributed by atoms with Gasteiger partial charge in [0.05, 0.1) is 6.61 Å². The summed E-state index contributed by atoms with van der Waals surface area (Å²) in [5, 5.41) is 0. The number of aryl methyl sites for hydroxylation is 1. The second-order valence-electron chi connectivity index (χ2n) is 3.00. The first kappa shape index (κ1) is 10.6. The van der Waals surface area contributed by atoms with Crippen LogP contribution >= 0.6 is 11.8 Å². The maximum Gasteiger partial charge on any atom is 0.0717 e. The minimum absolute atomic E-state index is 0.728. The van der Waals surface area contributed by atoms with Crippen molar-refractivity contribution < 1.29 is 4.74 Å². The van der Waals surface area contributed by atoms with Crippen LogP contribution in [0.3, 0.4) is 0 Å². The topological polar surface area (TPSA) is 9.23 Å². The van der Waals surface area contributed by atoms with Gasteiger partial charge in [-0.15, -0.1) is 11.8 Å². The lowest BCUT2D eigenvalue weighted by Crippen LogP contribution is -1.92. The van der Waals surface area contributed by atoms with Gasteiger partial charge in [0.2, 0.25) is 0 Å². The Morgan fingerprint density at radius 3 is 2.69 bits per heavy atom. The summed E-state index contributed by atoms with van der Waals surface area (Å²) < 4.78 is 5.36. The van der Waals surface area contributed by atoms with Crippen molar-refractivity contribution in [3.63, 3.8) is 0 Å². The maximum absolute atomic E-state index is 5.36. The van der Waals surface area contributed by atoms with Crippen LogP contribution in [0.2, 0.25) is 0 Å². The van der Waals surface area contributed by atoms with E-state index >= 15 is 0 Å². The molecule has 0 aliphatic rings. The molecule has 0 aliphatic carbocycles. The molecule has 0 amide bonds. The van der Waals surface area contributed by atoms with E-state index in [0.717, 1.165) is 13.2 Å². The third-order valence-electron chi connectivity index (χ3n) is 1.82. The zero-order valence-electron chi connectivity index (χ0n) is 8.46. The predicted molar refractivity (Wildman–Crippen MR) is 58.3 cm³/mol. The van der Waals surface area contributed by atoms with Crippen LogP contribution in [0.4, 0.5) is 0 Å². The molecular formula is C11H16OS. The van der Waals surface area contributed by atoms with E-state index in [1.54, 1.807) is 11.8 Å². The molecule has 0 heterocycles. The van der Waals surface area contributed by atoms with E-state index in [1.165, 1.54) is 16.0 Å². The monoisotopic (exact) mass is 196 g/mol. The van der Waals surface area contributed by atoms with Gasteiger partial charge in [-0.3, -0.25) is 0 Å². The number of benzene rings is 1. The number of hydrogen-bond donors (Lipinski definition) is 0. The number of ether oxygens (including phenoxy) is 1. The van der Waals surface area contributed by atoms with Crippen molar-refractivity contribution in [2.45, 2.75) is 25.3 Å². The van der Waals surface area contributed by atoms with Gasteiger partial charge in [-0.05, 0) is 43.4 Å². The van der Waals surface area contributed by atoms with E-state index in [0.29, 0.717) is 0 Å². The van der Waals surface area contributed by atoms with Crippen LogP contribution < -0.4 is 0 Å². The third-order valence-corrected chi connectivity index (χ3v) is 2.53. The van der Waals surface area contributed by atoms with Gasteiger partial charge < -0.3 is 4.74 Å². The second-order valence-corrected chi connectivity index (χ2v) is 3.88. The van der Waals surface area contributed by atoms with Crippen LogP contribution in [0.25, 0.3) is 0 Å². The van der Waals surface area contributed by atoms with Crippen LogP contribution in [0.15, 0.2) is 23.1 Å². The highest BCUT2D eigenvalue weighted by molar-refractivity contribution is 7.98. The molecule has 13 heavy (non-hydrogen) atoms. The lowest BCUT2D eigenvalue weighted by Gasteiger charge is -2.05. The van der Waals surface area contributed by atoms with Crippen molar-refractivity contribution in [3.8, 4) is 0 Å². The van der Waals surface area contributed by atoms with Crippen molar-refractivity contribution in [3.05, 3.63) is 29.3 Å². The van der Waals surface area contributed by atoms with Crippen molar-refractivity contribution >= 4 is 11.8 Å². The number of rotatable bonds is 4. The Kier molecular flexibility index (Phi) is 4.33. The Morgan fingerprint density at radius 2 is 2.08 bits per heavy atom. The van der Waals surface area contributed by atoms with Crippen molar-refractivity contribution in [1.29, 1.82) is 0 Å². The molecule has 1 aromatic rings. The second kappa shape index (κ2) is 5.30. The van der Waals surface area contributed by atoms with Crippen LogP contribution in [0.5, 0.6) is 0 Å². The Hall–Kier alpha value is -0.470. The standard InChI is InChI=1S/C11H16OS/c1-4-12-8-10-5-9(2)6-11(7-10)13-3/h5-7H,4,8H2,1-3H3. The number of hydrogen-bond acceptors (Lipinski definition) is 2. The molecule has 2 heteroatoms. The molecule has 72 valence electrons. The summed E-state index contributed by atoms with van der Waals surface area (Å²) in [6.45, 7) is 5.65. The molecule has 0 unspecified atom stereocenters. The predicted octanol–water partition coefficient (Wildman–Crippen LogP) is 3.25. The average Bonchev–Trinajstić information content (AvgIpc) is 2.14. The van der Waals surface area contributed by atoms with E-state index < -0.39 is 0 Å². The fourth-order valence-corrected chi connectivity index (χ4v) is 1.82. The zero-order valence-corrected chi connectivity index (χ0v) is 9.28. The average molecular weight is 196 g/mol. The summed E-state index contributed by atoms with van der Waals surface area (Å²) in [5.41, 5.74) is 2.58. The van der Waals surface area contributed by atoms with Crippen LogP contribution in [-0.2, 0) is 11.3 Å². The first-order valence-electron chi connectivity index (χ1n) is 4.48. The van der Waals surface area contributed by atoms with E-state index in [-0.39, 0.29) is 0 Å². The summed E-state index contributed by atoms with van der Waals surface area (Å²) >= 11 is 1.78. The molecule has 0 atom stereocenters. The molecule has 0 N–H and O–H groups in total. The molecule has 0 aromatic heterocycles. The van der Waals surface area contributed by atoms with E-state index in [9.17, 15) is 0 Å². The van der Waals surface area contributed by atoms with Gasteiger partial charge in [-0.2, -0.15) is 0 Å². The van der Waals surface area contributed by atoms with Gasteiger partial charge in [0, 0.05) is 11.5 Å². The molecular weight excluding hydrogens is 180 g/mol. The van der Waals surface area contributed by atoms with Crippen LogP contribution in [-0.4, -0.2) is 12.9 Å². The minimum atomic E-state index is 0.728. The maximum atomic E-state index is 5.36. The molecule has 0 bridgehead atoms. The van der Waals surface area contributed by atoms with Crippen LogP contribution in [0, 0.1) is 6.92 Å². The summed E-state index contributed by atoms with van der Waals surface area (Å²) in [6.07, 6.45) is 2.10. The Balaban J connectivity index is 2.76. The lowest BCUT2D eigenvalue weighted by atomic mass is 10.1. The van der Waals surface area contributed by atoms with Gasteiger partial charge >= 0.3 is 0 Å². The quantitative estimate of drug-likeness (QED) is 0.684. The van der Waals surface area contributed by atoms with E-state index in [4.69, 9.17) is 4.74 Å². The molecule has 1 rings (SSSR count). The highest BCUT2D eigenvalue weighted by Crippen LogP contribution is 2.19. The first-order valence-corrected chi connectivity index (χ1v) is 5.71. The molecule has 0 saturated carbocycles. The Bertz CT molecular complexity index is 271. The minimum Gasteiger partial charge on any atom is -0.377 e. The van der Waals surface area contributed by atoms with Gasteiger partial charge in [0.15, 0.2) is 0 Å². The highest BCUT2D eigenvalue weighted by atomic mass is 32.2. The molecule has 0 saturated heterocycles. The summed E-state index contributed by atoms with van der Waals surface area (Å²) in [7, 11) is 0. The van der Waals surface area contributed by atoms with E-state index in [2.05, 4.69) is 31.4 Å². The SMILES string of the molecule is CCOCc1cc(C)cc(SC)c1. The molecule has 0 aliphatic heterocycles. The fraction of sp³-hybridized carbons (Fsp3) is 0.455. The summed E-state index contributed by atoms with van der Waals surface area (Å²) in [6, 6.07) is 6.56. The molecule has 0 spiro atoms. The largest absolute Gasteiger partial charge is 0.377 e. The van der Waals surface area contributed by atoms with Crippen molar-refractivity contribution in [2.24, 2.45) is 0 Å². The zero-order chi connectivity index (χ0) is 9.68.